The van der Waals surface area contributed by atoms with Crippen molar-refractivity contribution < 1.29 is 22.0 Å². The maximum absolute atomic E-state index is 14.0. The second kappa shape index (κ2) is 11.7. The minimum Gasteiger partial charge on any atom is -0.339 e. The number of halogens is 3. The van der Waals surface area contributed by atoms with Crippen molar-refractivity contribution in [3.05, 3.63) is 65.2 Å². The Hall–Kier alpha value is -1.84. The summed E-state index contributed by atoms with van der Waals surface area (Å²) in [7, 11) is -3.33. The average Bonchev–Trinajstić information content (AvgIpc) is 2.79. The molecule has 1 saturated heterocycles. The highest BCUT2D eigenvalue weighted by Crippen LogP contribution is 2.31. The van der Waals surface area contributed by atoms with E-state index in [1.165, 1.54) is 12.1 Å². The summed E-state index contributed by atoms with van der Waals surface area (Å²) < 4.78 is 51.7. The van der Waals surface area contributed by atoms with Crippen molar-refractivity contribution in [2.75, 3.05) is 37.8 Å². The molecule has 0 aromatic heterocycles. The number of alkyl halides is 1. The van der Waals surface area contributed by atoms with E-state index < -0.39 is 21.5 Å². The van der Waals surface area contributed by atoms with Gasteiger partial charge in [-0.2, -0.15) is 0 Å². The third-order valence-electron chi connectivity index (χ3n) is 6.51. The fourth-order valence-corrected chi connectivity index (χ4v) is 5.68. The van der Waals surface area contributed by atoms with Crippen LogP contribution in [0.1, 0.15) is 43.2 Å². The lowest BCUT2D eigenvalue weighted by Gasteiger charge is -2.38. The van der Waals surface area contributed by atoms with Crippen molar-refractivity contribution in [3.8, 4) is 0 Å². The van der Waals surface area contributed by atoms with Crippen molar-refractivity contribution in [2.24, 2.45) is 0 Å². The number of rotatable bonds is 9. The molecule has 1 fully saturated rings. The normalized spacial score (nSPS) is 16.4. The number of amides is 1. The van der Waals surface area contributed by atoms with Crippen LogP contribution in [-0.4, -0.2) is 67.9 Å². The fourth-order valence-electron chi connectivity index (χ4n) is 4.73. The third-order valence-corrected chi connectivity index (χ3v) is 8.11. The number of hydrogen-bond donors (Lipinski definition) is 0. The summed E-state index contributed by atoms with van der Waals surface area (Å²) in [5.74, 6) is -1.44. The molecule has 0 saturated carbocycles. The smallest absolute Gasteiger partial charge is 0.233 e. The summed E-state index contributed by atoms with van der Waals surface area (Å²) in [4.78, 5) is 16.6. The summed E-state index contributed by atoms with van der Waals surface area (Å²) in [6.45, 7) is 5.08. The summed E-state index contributed by atoms with van der Waals surface area (Å²) in [5.41, 5.74) is 1.34. The van der Waals surface area contributed by atoms with Crippen molar-refractivity contribution in [2.45, 2.75) is 43.0 Å². The number of carbonyl (C=O) groups is 1. The SMILES string of the molecule is CCN(C(=O)CBr)C1CCN(CCC(c2ccc(S(C)(=O)=O)cc2)c2cc(F)cc(F)c2)CC1. The number of benzene rings is 2. The van der Waals surface area contributed by atoms with Crippen molar-refractivity contribution in [3.63, 3.8) is 0 Å². The molecule has 2 aromatic rings. The predicted octanol–water partition coefficient (Wildman–Crippen LogP) is 4.60. The number of sulfone groups is 1. The van der Waals surface area contributed by atoms with Gasteiger partial charge in [0.25, 0.3) is 0 Å². The first-order valence-corrected chi connectivity index (χ1v) is 14.5. The van der Waals surface area contributed by atoms with Crippen LogP contribution in [0.4, 0.5) is 8.78 Å². The molecular formula is C25H31BrF2N2O3S. The predicted molar refractivity (Wildman–Crippen MR) is 133 cm³/mol. The van der Waals surface area contributed by atoms with Crippen LogP contribution in [0.25, 0.3) is 0 Å². The summed E-state index contributed by atoms with van der Waals surface area (Å²) in [5, 5.41) is 0.324. The number of piperidine rings is 1. The molecule has 3 rings (SSSR count). The second-order valence-corrected chi connectivity index (χ2v) is 11.3. The maximum Gasteiger partial charge on any atom is 0.233 e. The minimum atomic E-state index is -3.33. The van der Waals surface area contributed by atoms with Gasteiger partial charge in [0.2, 0.25) is 5.91 Å². The monoisotopic (exact) mass is 556 g/mol. The Labute approximate surface area is 209 Å². The molecule has 34 heavy (non-hydrogen) atoms. The lowest BCUT2D eigenvalue weighted by molar-refractivity contribution is -0.131. The Balaban J connectivity index is 1.74. The Bertz CT molecular complexity index is 1070. The van der Waals surface area contributed by atoms with Gasteiger partial charge in [-0.3, -0.25) is 4.79 Å². The van der Waals surface area contributed by atoms with Gasteiger partial charge < -0.3 is 9.80 Å². The van der Waals surface area contributed by atoms with E-state index in [-0.39, 0.29) is 22.8 Å². The van der Waals surface area contributed by atoms with Gasteiger partial charge in [0.15, 0.2) is 9.84 Å². The summed E-state index contributed by atoms with van der Waals surface area (Å²) in [6, 6.07) is 10.3. The van der Waals surface area contributed by atoms with Gasteiger partial charge in [-0.15, -0.1) is 0 Å². The van der Waals surface area contributed by atoms with Crippen LogP contribution in [0, 0.1) is 11.6 Å². The van der Waals surface area contributed by atoms with E-state index in [9.17, 15) is 22.0 Å². The number of likely N-dealkylation sites (tertiary alicyclic amines) is 1. The fraction of sp³-hybridized carbons (Fsp3) is 0.480. The first-order chi connectivity index (χ1) is 16.1. The lowest BCUT2D eigenvalue weighted by Crippen LogP contribution is -2.48. The van der Waals surface area contributed by atoms with E-state index in [1.54, 1.807) is 24.3 Å². The largest absolute Gasteiger partial charge is 0.339 e. The first kappa shape index (κ1) is 26.8. The van der Waals surface area contributed by atoms with Gasteiger partial charge in [-0.25, -0.2) is 17.2 Å². The van der Waals surface area contributed by atoms with Crippen LogP contribution in [-0.2, 0) is 14.6 Å². The molecule has 1 unspecified atom stereocenters. The zero-order valence-corrected chi connectivity index (χ0v) is 21.9. The molecule has 0 N–H and O–H groups in total. The van der Waals surface area contributed by atoms with Gasteiger partial charge in [-0.05, 0) is 68.1 Å². The molecule has 1 amide bonds. The van der Waals surface area contributed by atoms with E-state index >= 15 is 0 Å². The highest BCUT2D eigenvalue weighted by molar-refractivity contribution is 9.09. The molecule has 1 heterocycles. The van der Waals surface area contributed by atoms with Crippen LogP contribution < -0.4 is 0 Å². The second-order valence-electron chi connectivity index (χ2n) is 8.77. The van der Waals surface area contributed by atoms with Crippen molar-refractivity contribution >= 4 is 31.7 Å². The van der Waals surface area contributed by atoms with Gasteiger partial charge in [-0.1, -0.05) is 28.1 Å². The molecule has 9 heteroatoms. The van der Waals surface area contributed by atoms with Gasteiger partial charge >= 0.3 is 0 Å². The molecule has 0 bridgehead atoms. The molecule has 0 radical (unpaired) electrons. The zero-order chi connectivity index (χ0) is 24.9. The number of carbonyl (C=O) groups excluding carboxylic acids is 1. The highest BCUT2D eigenvalue weighted by Gasteiger charge is 2.27. The molecule has 5 nitrogen and oxygen atoms in total. The van der Waals surface area contributed by atoms with E-state index in [2.05, 4.69) is 20.8 Å². The van der Waals surface area contributed by atoms with Gasteiger partial charge in [0.1, 0.15) is 11.6 Å². The number of nitrogens with zero attached hydrogens (tertiary/aromatic N) is 2. The zero-order valence-electron chi connectivity index (χ0n) is 19.5. The standard InChI is InChI=1S/C25H31BrF2N2O3S/c1-3-30(25(31)17-26)22-8-11-29(12-9-22)13-10-24(19-14-20(27)16-21(28)15-19)18-4-6-23(7-5-18)34(2,32)33/h4-7,14-16,22,24H,3,8-13,17H2,1-2H3. The maximum atomic E-state index is 14.0. The first-order valence-electron chi connectivity index (χ1n) is 11.5. The van der Waals surface area contributed by atoms with E-state index in [0.717, 1.165) is 50.4 Å². The molecule has 1 aliphatic rings. The molecule has 1 aliphatic heterocycles. The van der Waals surface area contributed by atoms with Crippen molar-refractivity contribution in [1.82, 2.24) is 9.80 Å². The molecule has 0 spiro atoms. The third kappa shape index (κ3) is 6.86. The molecule has 186 valence electrons. The lowest BCUT2D eigenvalue weighted by atomic mass is 9.88. The minimum absolute atomic E-state index is 0.103. The summed E-state index contributed by atoms with van der Waals surface area (Å²) >= 11 is 3.26. The topological polar surface area (TPSA) is 57.7 Å². The van der Waals surface area contributed by atoms with Gasteiger partial charge in [0.05, 0.1) is 10.2 Å². The van der Waals surface area contributed by atoms with Crippen LogP contribution in [0.15, 0.2) is 47.4 Å². The van der Waals surface area contributed by atoms with E-state index in [0.29, 0.717) is 23.9 Å². The molecule has 1 atom stereocenters. The molecule has 0 aliphatic carbocycles. The summed E-state index contributed by atoms with van der Waals surface area (Å²) in [6.07, 6.45) is 3.55. The van der Waals surface area contributed by atoms with Crippen LogP contribution in [0.3, 0.4) is 0 Å². The number of hydrogen-bond acceptors (Lipinski definition) is 4. The van der Waals surface area contributed by atoms with Crippen LogP contribution >= 0.6 is 15.9 Å². The molecular weight excluding hydrogens is 526 g/mol. The Kier molecular flexibility index (Phi) is 9.23. The van der Waals surface area contributed by atoms with E-state index in [1.807, 2.05) is 11.8 Å². The van der Waals surface area contributed by atoms with Gasteiger partial charge in [0, 0.05) is 43.9 Å². The Morgan fingerprint density at radius 1 is 1.09 bits per heavy atom. The average molecular weight is 558 g/mol. The molecule has 2 aromatic carbocycles. The van der Waals surface area contributed by atoms with Crippen molar-refractivity contribution in [1.29, 1.82) is 0 Å². The quantitative estimate of drug-likeness (QED) is 0.423. The van der Waals surface area contributed by atoms with Crippen LogP contribution in [0.5, 0.6) is 0 Å². The van der Waals surface area contributed by atoms with E-state index in [4.69, 9.17) is 0 Å². The highest BCUT2D eigenvalue weighted by atomic mass is 79.9. The Morgan fingerprint density at radius 3 is 2.18 bits per heavy atom. The Morgan fingerprint density at radius 2 is 1.68 bits per heavy atom. The van der Waals surface area contributed by atoms with Crippen LogP contribution in [0.2, 0.25) is 0 Å².